The summed E-state index contributed by atoms with van der Waals surface area (Å²) in [5, 5.41) is 5.74. The molecule has 122 valence electrons. The molecule has 2 aromatic carbocycles. The van der Waals surface area contributed by atoms with E-state index >= 15 is 0 Å². The van der Waals surface area contributed by atoms with Crippen LogP contribution in [0.5, 0.6) is 5.75 Å². The van der Waals surface area contributed by atoms with Crippen LogP contribution in [-0.4, -0.2) is 18.0 Å². The average molecular weight is 359 g/mol. The third kappa shape index (κ3) is 3.58. The van der Waals surface area contributed by atoms with Crippen molar-refractivity contribution in [2.75, 3.05) is 12.4 Å². The zero-order valence-corrected chi connectivity index (χ0v) is 14.7. The van der Waals surface area contributed by atoms with Crippen LogP contribution >= 0.6 is 22.9 Å². The van der Waals surface area contributed by atoms with E-state index in [0.717, 1.165) is 22.6 Å². The SMILES string of the molecule is COc1ccc(C)cc1-c1csc(NC(=O)c2cccc(Cl)c2)n1. The van der Waals surface area contributed by atoms with Gasteiger partial charge in [0.1, 0.15) is 5.75 Å². The second kappa shape index (κ2) is 7.03. The maximum absolute atomic E-state index is 12.3. The summed E-state index contributed by atoms with van der Waals surface area (Å²) >= 11 is 7.28. The lowest BCUT2D eigenvalue weighted by atomic mass is 10.1. The van der Waals surface area contributed by atoms with Crippen LogP contribution in [0.1, 0.15) is 15.9 Å². The number of nitrogens with zero attached hydrogens (tertiary/aromatic N) is 1. The molecule has 1 heterocycles. The number of hydrogen-bond donors (Lipinski definition) is 1. The van der Waals surface area contributed by atoms with Crippen molar-refractivity contribution in [3.8, 4) is 17.0 Å². The molecule has 0 aliphatic rings. The quantitative estimate of drug-likeness (QED) is 0.711. The first kappa shape index (κ1) is 16.5. The van der Waals surface area contributed by atoms with Gasteiger partial charge in [0.05, 0.1) is 12.8 Å². The minimum absolute atomic E-state index is 0.241. The summed E-state index contributed by atoms with van der Waals surface area (Å²) < 4.78 is 5.39. The number of aryl methyl sites for hydroxylation is 1. The number of rotatable bonds is 4. The van der Waals surface area contributed by atoms with Crippen molar-refractivity contribution in [2.45, 2.75) is 6.92 Å². The van der Waals surface area contributed by atoms with E-state index in [2.05, 4.69) is 10.3 Å². The lowest BCUT2D eigenvalue weighted by molar-refractivity contribution is 0.102. The molecule has 6 heteroatoms. The summed E-state index contributed by atoms with van der Waals surface area (Å²) in [6.07, 6.45) is 0. The van der Waals surface area contributed by atoms with E-state index in [1.807, 2.05) is 30.5 Å². The number of ether oxygens (including phenoxy) is 1. The Bertz CT molecular complexity index is 892. The summed E-state index contributed by atoms with van der Waals surface area (Å²) in [6, 6.07) is 12.7. The standard InChI is InChI=1S/C18H15ClN2O2S/c1-11-6-7-16(23-2)14(8-11)15-10-24-18(20-15)21-17(22)12-4-3-5-13(19)9-12/h3-10H,1-2H3,(H,20,21,22). The van der Waals surface area contributed by atoms with Crippen LogP contribution in [0, 0.1) is 6.92 Å². The Morgan fingerprint density at radius 1 is 1.25 bits per heavy atom. The van der Waals surface area contributed by atoms with Crippen LogP contribution in [0.3, 0.4) is 0 Å². The van der Waals surface area contributed by atoms with Gasteiger partial charge in [0.15, 0.2) is 5.13 Å². The molecule has 1 N–H and O–H groups in total. The number of aromatic nitrogens is 1. The Morgan fingerprint density at radius 3 is 2.83 bits per heavy atom. The lowest BCUT2D eigenvalue weighted by Crippen LogP contribution is -2.11. The lowest BCUT2D eigenvalue weighted by Gasteiger charge is -2.07. The second-order valence-electron chi connectivity index (χ2n) is 5.21. The molecule has 0 fully saturated rings. The number of methoxy groups -OCH3 is 1. The fraction of sp³-hybridized carbons (Fsp3) is 0.111. The van der Waals surface area contributed by atoms with Crippen molar-refractivity contribution in [3.63, 3.8) is 0 Å². The number of carbonyl (C=O) groups is 1. The van der Waals surface area contributed by atoms with Crippen LogP contribution in [0.2, 0.25) is 5.02 Å². The third-order valence-electron chi connectivity index (χ3n) is 3.44. The van der Waals surface area contributed by atoms with E-state index in [4.69, 9.17) is 16.3 Å². The number of carbonyl (C=O) groups excluding carboxylic acids is 1. The number of thiazole rings is 1. The van der Waals surface area contributed by atoms with Gasteiger partial charge < -0.3 is 4.74 Å². The van der Waals surface area contributed by atoms with Crippen molar-refractivity contribution < 1.29 is 9.53 Å². The summed E-state index contributed by atoms with van der Waals surface area (Å²) in [5.74, 6) is 0.508. The molecule has 1 aromatic heterocycles. The van der Waals surface area contributed by atoms with Gasteiger partial charge in [0.2, 0.25) is 0 Å². The monoisotopic (exact) mass is 358 g/mol. The van der Waals surface area contributed by atoms with Gasteiger partial charge in [0, 0.05) is 21.5 Å². The molecule has 0 saturated heterocycles. The van der Waals surface area contributed by atoms with Gasteiger partial charge in [-0.05, 0) is 37.3 Å². The summed E-state index contributed by atoms with van der Waals surface area (Å²) in [4.78, 5) is 16.8. The summed E-state index contributed by atoms with van der Waals surface area (Å²) in [7, 11) is 1.63. The average Bonchev–Trinajstić information content (AvgIpc) is 3.03. The highest BCUT2D eigenvalue weighted by Crippen LogP contribution is 2.33. The highest BCUT2D eigenvalue weighted by molar-refractivity contribution is 7.14. The zero-order chi connectivity index (χ0) is 17.1. The molecule has 0 aliphatic heterocycles. The highest BCUT2D eigenvalue weighted by atomic mass is 35.5. The third-order valence-corrected chi connectivity index (χ3v) is 4.44. The molecule has 3 aromatic rings. The van der Waals surface area contributed by atoms with Crippen LogP contribution in [0.15, 0.2) is 47.8 Å². The van der Waals surface area contributed by atoms with Crippen LogP contribution in [0.4, 0.5) is 5.13 Å². The molecule has 0 unspecified atom stereocenters. The predicted molar refractivity (Wildman–Crippen MR) is 98.2 cm³/mol. The number of hydrogen-bond acceptors (Lipinski definition) is 4. The van der Waals surface area contributed by atoms with Crippen LogP contribution in [0.25, 0.3) is 11.3 Å². The van der Waals surface area contributed by atoms with Gasteiger partial charge in [-0.25, -0.2) is 4.98 Å². The Balaban J connectivity index is 1.84. The van der Waals surface area contributed by atoms with Gasteiger partial charge in [0.25, 0.3) is 5.91 Å². The number of halogens is 1. The van der Waals surface area contributed by atoms with Crippen molar-refractivity contribution in [1.82, 2.24) is 4.98 Å². The van der Waals surface area contributed by atoms with Crippen molar-refractivity contribution in [3.05, 3.63) is 64.0 Å². The Hall–Kier alpha value is -2.37. The first-order valence-corrected chi connectivity index (χ1v) is 8.50. The van der Waals surface area contributed by atoms with Gasteiger partial charge >= 0.3 is 0 Å². The molecule has 0 radical (unpaired) electrons. The highest BCUT2D eigenvalue weighted by Gasteiger charge is 2.13. The minimum atomic E-state index is -0.241. The first-order valence-electron chi connectivity index (χ1n) is 7.24. The maximum atomic E-state index is 12.3. The Kier molecular flexibility index (Phi) is 4.83. The van der Waals surface area contributed by atoms with Crippen LogP contribution in [-0.2, 0) is 0 Å². The first-order chi connectivity index (χ1) is 11.6. The number of amides is 1. The van der Waals surface area contributed by atoms with E-state index in [-0.39, 0.29) is 5.91 Å². The number of benzene rings is 2. The normalized spacial score (nSPS) is 10.5. The minimum Gasteiger partial charge on any atom is -0.496 e. The maximum Gasteiger partial charge on any atom is 0.257 e. The van der Waals surface area contributed by atoms with Crippen molar-refractivity contribution in [1.29, 1.82) is 0 Å². The Labute approximate surface area is 149 Å². The van der Waals surface area contributed by atoms with E-state index in [1.54, 1.807) is 31.4 Å². The number of anilines is 1. The second-order valence-corrected chi connectivity index (χ2v) is 6.50. The smallest absolute Gasteiger partial charge is 0.257 e. The largest absolute Gasteiger partial charge is 0.496 e. The molecule has 0 aliphatic carbocycles. The van der Waals surface area contributed by atoms with Crippen molar-refractivity contribution >= 4 is 34.0 Å². The van der Waals surface area contributed by atoms with E-state index in [0.29, 0.717) is 15.7 Å². The zero-order valence-electron chi connectivity index (χ0n) is 13.2. The summed E-state index contributed by atoms with van der Waals surface area (Å²) in [5.41, 5.74) is 3.27. The number of nitrogens with one attached hydrogen (secondary N) is 1. The summed E-state index contributed by atoms with van der Waals surface area (Å²) in [6.45, 7) is 2.01. The molecule has 0 spiro atoms. The molecular weight excluding hydrogens is 344 g/mol. The van der Waals surface area contributed by atoms with E-state index < -0.39 is 0 Å². The molecule has 0 atom stereocenters. The molecule has 0 saturated carbocycles. The molecule has 0 bridgehead atoms. The van der Waals surface area contributed by atoms with Crippen LogP contribution < -0.4 is 10.1 Å². The molecule has 24 heavy (non-hydrogen) atoms. The van der Waals surface area contributed by atoms with Gasteiger partial charge in [-0.15, -0.1) is 11.3 Å². The van der Waals surface area contributed by atoms with Gasteiger partial charge in [-0.1, -0.05) is 29.3 Å². The van der Waals surface area contributed by atoms with Crippen molar-refractivity contribution in [2.24, 2.45) is 0 Å². The Morgan fingerprint density at radius 2 is 2.08 bits per heavy atom. The molecule has 3 rings (SSSR count). The fourth-order valence-electron chi connectivity index (χ4n) is 2.28. The van der Waals surface area contributed by atoms with E-state index in [1.165, 1.54) is 11.3 Å². The topological polar surface area (TPSA) is 51.2 Å². The fourth-order valence-corrected chi connectivity index (χ4v) is 3.17. The van der Waals surface area contributed by atoms with Gasteiger partial charge in [-0.3, -0.25) is 10.1 Å². The van der Waals surface area contributed by atoms with Gasteiger partial charge in [-0.2, -0.15) is 0 Å². The van der Waals surface area contributed by atoms with E-state index in [9.17, 15) is 4.79 Å². The molecule has 1 amide bonds. The predicted octanol–water partition coefficient (Wildman–Crippen LogP) is 5.03. The molecular formula is C18H15ClN2O2S. The molecule has 4 nitrogen and oxygen atoms in total.